The van der Waals surface area contributed by atoms with Gasteiger partial charge in [0, 0.05) is 18.0 Å². The first kappa shape index (κ1) is 24.8. The van der Waals surface area contributed by atoms with Crippen LogP contribution in [0.3, 0.4) is 0 Å². The Morgan fingerprint density at radius 3 is 2.53 bits per heavy atom. The van der Waals surface area contributed by atoms with Crippen LogP contribution in [0.4, 0.5) is 0 Å². The maximum absolute atomic E-state index is 12.9. The summed E-state index contributed by atoms with van der Waals surface area (Å²) in [6.07, 6.45) is 4.14. The van der Waals surface area contributed by atoms with Crippen molar-refractivity contribution < 1.29 is 9.53 Å². The fraction of sp³-hybridized carbons (Fsp3) is 0.370. The van der Waals surface area contributed by atoms with Gasteiger partial charge in [-0.15, -0.1) is 0 Å². The van der Waals surface area contributed by atoms with Crippen LogP contribution in [0.2, 0.25) is 0 Å². The van der Waals surface area contributed by atoms with Crippen LogP contribution in [0.25, 0.3) is 11.3 Å². The molecule has 2 fully saturated rings. The average Bonchev–Trinajstić information content (AvgIpc) is 3.47. The highest BCUT2D eigenvalue weighted by Crippen LogP contribution is 2.44. The highest BCUT2D eigenvalue weighted by Gasteiger charge is 2.54. The highest BCUT2D eigenvalue weighted by atomic mass is 16.5. The summed E-state index contributed by atoms with van der Waals surface area (Å²) in [6, 6.07) is 18.9. The molecule has 0 bridgehead atoms. The lowest BCUT2D eigenvalue weighted by molar-refractivity contribution is 0.0757. The summed E-state index contributed by atoms with van der Waals surface area (Å²) < 4.78 is 6.01. The zero-order chi connectivity index (χ0) is 24.6. The smallest absolute Gasteiger partial charge is 0.269 e. The summed E-state index contributed by atoms with van der Waals surface area (Å²) in [5.74, 6) is 1.54. The van der Waals surface area contributed by atoms with Crippen LogP contribution in [0.1, 0.15) is 51.0 Å². The molecule has 2 atom stereocenters. The van der Waals surface area contributed by atoms with Crippen LogP contribution in [0.15, 0.2) is 60.7 Å². The number of ether oxygens (including phenoxy) is 1. The predicted molar refractivity (Wildman–Crippen MR) is 133 cm³/mol. The second kappa shape index (κ2) is 11.4. The van der Waals surface area contributed by atoms with E-state index in [-0.39, 0.29) is 11.4 Å². The van der Waals surface area contributed by atoms with Crippen molar-refractivity contribution in [2.24, 2.45) is 5.92 Å². The van der Waals surface area contributed by atoms with Gasteiger partial charge in [0.1, 0.15) is 17.2 Å². The van der Waals surface area contributed by atoms with Crippen LogP contribution in [-0.2, 0) is 0 Å². The summed E-state index contributed by atoms with van der Waals surface area (Å²) in [6.45, 7) is 9.30. The number of carbonyl (C=O) groups excluding carboxylic acids is 1. The van der Waals surface area contributed by atoms with Crippen LogP contribution in [-0.4, -0.2) is 39.6 Å². The number of para-hydroxylation sites is 2. The third kappa shape index (κ3) is 5.07. The molecule has 1 aliphatic carbocycles. The maximum Gasteiger partial charge on any atom is 0.269 e. The number of hydrogen-bond donors (Lipinski definition) is 2. The molecule has 2 heterocycles. The Hall–Kier alpha value is -3.79. The number of aromatic nitrogens is 2. The quantitative estimate of drug-likeness (QED) is 0.485. The topological polar surface area (TPSA) is 94.0 Å². The maximum atomic E-state index is 12.9. The van der Waals surface area contributed by atoms with Crippen molar-refractivity contribution in [3.05, 3.63) is 66.4 Å². The Balaban J connectivity index is 0.000000771. The monoisotopic (exact) mass is 459 g/mol. The lowest BCUT2D eigenvalue weighted by atomic mass is 9.69. The Labute approximate surface area is 201 Å². The molecule has 1 aliphatic heterocycles. The number of nitrogens with zero attached hydrogens (tertiary/aromatic N) is 3. The fourth-order valence-corrected chi connectivity index (χ4v) is 4.37. The molecule has 1 saturated heterocycles. The summed E-state index contributed by atoms with van der Waals surface area (Å²) in [5, 5.41) is 19.5. The summed E-state index contributed by atoms with van der Waals surface area (Å²) in [4.78, 5) is 14.6. The van der Waals surface area contributed by atoms with Crippen molar-refractivity contribution in [2.45, 2.75) is 46.1 Å². The van der Waals surface area contributed by atoms with Crippen LogP contribution >= 0.6 is 0 Å². The molecule has 1 aromatic heterocycles. The number of nitriles is 1. The van der Waals surface area contributed by atoms with Gasteiger partial charge in [-0.05, 0) is 43.2 Å². The first-order valence-electron chi connectivity index (χ1n) is 12.0. The van der Waals surface area contributed by atoms with Crippen molar-refractivity contribution in [3.63, 3.8) is 0 Å². The molecular formula is C27H33N5O2. The number of hydrogen-bond acceptors (Lipinski definition) is 5. The number of H-pyrrole nitrogens is 1. The third-order valence-corrected chi connectivity index (χ3v) is 6.09. The molecule has 2 aliphatic rings. The van der Waals surface area contributed by atoms with E-state index < -0.39 is 0 Å². The minimum absolute atomic E-state index is 0.195. The van der Waals surface area contributed by atoms with Crippen LogP contribution < -0.4 is 10.1 Å². The zero-order valence-electron chi connectivity index (χ0n) is 20.3. The first-order valence-corrected chi connectivity index (χ1v) is 12.0. The molecule has 3 aromatic rings. The van der Waals surface area contributed by atoms with E-state index in [1.165, 1.54) is 0 Å². The minimum Gasteiger partial charge on any atom is -0.457 e. The van der Waals surface area contributed by atoms with Gasteiger partial charge >= 0.3 is 0 Å². The second-order valence-electron chi connectivity index (χ2n) is 7.90. The minimum atomic E-state index is -0.299. The number of likely N-dealkylation sites (tertiary alicyclic amines) is 1. The van der Waals surface area contributed by atoms with Crippen molar-refractivity contribution in [2.75, 3.05) is 13.1 Å². The SMILES string of the molecule is CC.CC.N#CN1CC2CCC2(NC(=O)c2cc(-c3ccccc3Oc3ccccc3)n[nH]2)C1. The first-order chi connectivity index (χ1) is 16.7. The Bertz CT molecular complexity index is 1120. The predicted octanol–water partition coefficient (Wildman–Crippen LogP) is 5.60. The molecule has 7 heteroatoms. The van der Waals surface area contributed by atoms with E-state index >= 15 is 0 Å². The second-order valence-corrected chi connectivity index (χ2v) is 7.90. The molecule has 34 heavy (non-hydrogen) atoms. The van der Waals surface area contributed by atoms with Gasteiger partial charge in [-0.2, -0.15) is 10.4 Å². The van der Waals surface area contributed by atoms with E-state index in [1.807, 2.05) is 82.3 Å². The van der Waals surface area contributed by atoms with Gasteiger partial charge in [0.25, 0.3) is 5.91 Å². The summed E-state index contributed by atoms with van der Waals surface area (Å²) in [5.41, 5.74) is 1.54. The molecule has 2 N–H and O–H groups in total. The van der Waals surface area contributed by atoms with Crippen molar-refractivity contribution in [3.8, 4) is 28.9 Å². The standard InChI is InChI=1S/C23H21N5O2.2C2H6/c24-15-28-13-16-10-11-23(16,14-28)25-22(29)20-12-19(26-27-20)18-8-4-5-9-21(18)30-17-6-2-1-3-7-17;2*1-2/h1-9,12,16H,10-11,13-14H2,(H,25,29)(H,26,27);2*1-2H3. The van der Waals surface area contributed by atoms with Gasteiger partial charge < -0.3 is 15.0 Å². The van der Waals surface area contributed by atoms with Crippen molar-refractivity contribution >= 4 is 5.91 Å². The number of carbonyl (C=O) groups is 1. The fourth-order valence-electron chi connectivity index (χ4n) is 4.37. The molecule has 2 aromatic carbocycles. The molecular weight excluding hydrogens is 426 g/mol. The third-order valence-electron chi connectivity index (χ3n) is 6.09. The molecule has 0 spiro atoms. The average molecular weight is 460 g/mol. The lowest BCUT2D eigenvalue weighted by Gasteiger charge is -2.44. The molecule has 5 rings (SSSR count). The number of rotatable bonds is 5. The van der Waals surface area contributed by atoms with E-state index in [1.54, 1.807) is 11.0 Å². The van der Waals surface area contributed by atoms with Crippen LogP contribution in [0, 0.1) is 17.4 Å². The van der Waals surface area contributed by atoms with Gasteiger partial charge in [0.2, 0.25) is 0 Å². The Kier molecular flexibility index (Phi) is 8.31. The summed E-state index contributed by atoms with van der Waals surface area (Å²) in [7, 11) is 0. The van der Waals surface area contributed by atoms with Crippen molar-refractivity contribution in [1.82, 2.24) is 20.4 Å². The number of nitrogens with one attached hydrogen (secondary N) is 2. The van der Waals surface area contributed by atoms with E-state index in [0.717, 1.165) is 30.7 Å². The summed E-state index contributed by atoms with van der Waals surface area (Å²) >= 11 is 0. The van der Waals surface area contributed by atoms with Gasteiger partial charge in [0.05, 0.1) is 17.8 Å². The van der Waals surface area contributed by atoms with Gasteiger partial charge in [-0.1, -0.05) is 58.0 Å². The zero-order valence-corrected chi connectivity index (χ0v) is 20.3. The number of amides is 1. The molecule has 2 unspecified atom stereocenters. The lowest BCUT2D eigenvalue weighted by Crippen LogP contribution is -2.60. The van der Waals surface area contributed by atoms with Crippen molar-refractivity contribution in [1.29, 1.82) is 5.26 Å². The van der Waals surface area contributed by atoms with Gasteiger partial charge in [-0.25, -0.2) is 0 Å². The van der Waals surface area contributed by atoms with Gasteiger partial charge in [-0.3, -0.25) is 9.89 Å². The number of fused-ring (bicyclic) bond motifs is 1. The van der Waals surface area contributed by atoms with E-state index in [2.05, 4.69) is 21.7 Å². The van der Waals surface area contributed by atoms with E-state index in [9.17, 15) is 10.1 Å². The molecule has 7 nitrogen and oxygen atoms in total. The van der Waals surface area contributed by atoms with E-state index in [0.29, 0.717) is 29.6 Å². The van der Waals surface area contributed by atoms with E-state index in [4.69, 9.17) is 4.74 Å². The molecule has 178 valence electrons. The largest absolute Gasteiger partial charge is 0.457 e. The Morgan fingerprint density at radius 1 is 1.15 bits per heavy atom. The van der Waals surface area contributed by atoms with Gasteiger partial charge in [0.15, 0.2) is 6.19 Å². The molecule has 1 saturated carbocycles. The normalized spacial score (nSPS) is 19.7. The Morgan fingerprint density at radius 2 is 1.85 bits per heavy atom. The highest BCUT2D eigenvalue weighted by molar-refractivity contribution is 5.94. The molecule has 1 amide bonds. The number of benzene rings is 2. The molecule has 0 radical (unpaired) electrons. The van der Waals surface area contributed by atoms with Crippen LogP contribution in [0.5, 0.6) is 11.5 Å². The number of aromatic amines is 1.